The number of nitrogens with zero attached hydrogens (tertiary/aromatic N) is 3. The van der Waals surface area contributed by atoms with E-state index < -0.39 is 27.7 Å². The fourth-order valence-electron chi connectivity index (χ4n) is 5.88. The molecule has 24 heteroatoms. The summed E-state index contributed by atoms with van der Waals surface area (Å²) in [5.41, 5.74) is 7.42. The highest BCUT2D eigenvalue weighted by atomic mass is 32.2. The average Bonchev–Trinajstić information content (AvgIpc) is 3.52. The van der Waals surface area contributed by atoms with Crippen LogP contribution in [0.25, 0.3) is 6.08 Å². The van der Waals surface area contributed by atoms with Crippen LogP contribution in [0, 0.1) is 0 Å². The van der Waals surface area contributed by atoms with Crippen LogP contribution in [-0.4, -0.2) is 213 Å². The molecule has 0 fully saturated rings. The molecule has 68 heavy (non-hydrogen) atoms. The second kappa shape index (κ2) is 35.8. The van der Waals surface area contributed by atoms with Crippen molar-refractivity contribution in [3.05, 3.63) is 41.5 Å². The van der Waals surface area contributed by atoms with Crippen molar-refractivity contribution >= 4 is 51.3 Å². The molecule has 384 valence electrons. The Morgan fingerprint density at radius 2 is 1.12 bits per heavy atom. The minimum absolute atomic E-state index is 0.0120. The van der Waals surface area contributed by atoms with Gasteiger partial charge >= 0.3 is 0 Å². The second-order valence-corrected chi connectivity index (χ2v) is 16.2. The molecule has 2 aliphatic heterocycles. The fraction of sp³-hybridized carbons (Fsp3) is 0.659. The number of nitrogens with two attached hydrogens (primary N) is 1. The summed E-state index contributed by atoms with van der Waals surface area (Å²) in [6.07, 6.45) is 4.75. The average molecular weight is 987 g/mol. The number of benzene rings is 1. The molecule has 4 N–H and O–H groups in total. The third-order valence-electron chi connectivity index (χ3n) is 9.15. The van der Waals surface area contributed by atoms with E-state index in [4.69, 9.17) is 57.9 Å². The maximum atomic E-state index is 13.1. The van der Waals surface area contributed by atoms with E-state index in [2.05, 4.69) is 15.0 Å². The van der Waals surface area contributed by atoms with Gasteiger partial charge in [0.2, 0.25) is 15.9 Å². The minimum atomic E-state index is -3.87. The molecule has 2 aliphatic rings. The number of nitrogens with one attached hydrogen (secondary N) is 2. The number of carbonyl (C=O) groups is 4. The lowest BCUT2D eigenvalue weighted by molar-refractivity contribution is -0.180. The van der Waals surface area contributed by atoms with Crippen LogP contribution < -0.4 is 15.8 Å². The van der Waals surface area contributed by atoms with Gasteiger partial charge in [-0.15, -0.1) is 0 Å². The van der Waals surface area contributed by atoms with Gasteiger partial charge in [-0.2, -0.15) is 0 Å². The molecule has 1 aromatic rings. The number of ether oxygens (including phenoxy) is 10. The van der Waals surface area contributed by atoms with Gasteiger partial charge in [-0.1, -0.05) is 13.0 Å². The quantitative estimate of drug-likeness (QED) is 0.0447. The summed E-state index contributed by atoms with van der Waals surface area (Å²) >= 11 is 0. The maximum absolute atomic E-state index is 13.1. The first kappa shape index (κ1) is 58.0. The fourth-order valence-corrected chi connectivity index (χ4v) is 6.91. The Kier molecular flexibility index (Phi) is 30.5. The smallest absolute Gasteiger partial charge is 0.273 e. The monoisotopic (exact) mass is 986 g/mol. The molecule has 0 atom stereocenters. The van der Waals surface area contributed by atoms with Crippen molar-refractivity contribution in [2.45, 2.75) is 31.6 Å². The molecule has 0 spiro atoms. The van der Waals surface area contributed by atoms with Crippen LogP contribution in [0.2, 0.25) is 0 Å². The number of amidine groups is 1. The molecule has 0 saturated carbocycles. The number of hydroxylamine groups is 2. The van der Waals surface area contributed by atoms with Gasteiger partial charge in [0.25, 0.3) is 17.7 Å². The summed E-state index contributed by atoms with van der Waals surface area (Å²) in [5.74, 6) is -1.57. The highest BCUT2D eigenvalue weighted by Gasteiger charge is 2.26. The van der Waals surface area contributed by atoms with Crippen molar-refractivity contribution in [3.63, 3.8) is 0 Å². The van der Waals surface area contributed by atoms with Gasteiger partial charge in [-0.05, 0) is 31.6 Å². The van der Waals surface area contributed by atoms with E-state index in [9.17, 15) is 27.6 Å². The maximum Gasteiger partial charge on any atom is 0.273 e. The van der Waals surface area contributed by atoms with Crippen molar-refractivity contribution in [3.8, 4) is 0 Å². The Hall–Kier alpha value is -4.28. The molecule has 0 bridgehead atoms. The molecule has 4 amide bonds. The van der Waals surface area contributed by atoms with Crippen LogP contribution in [-0.2, 0) is 81.4 Å². The molecular weight excluding hydrogens is 917 g/mol. The molecule has 2 heterocycles. The van der Waals surface area contributed by atoms with Crippen LogP contribution in [0.3, 0.4) is 0 Å². The summed E-state index contributed by atoms with van der Waals surface area (Å²) in [6, 6.07) is 4.48. The molecule has 0 radical (unpaired) electrons. The SMILES string of the molecule is CCCN(OCC)C(=O)C1=Cc2ccc(S(=O)(=O)NCCOCCOCCOCCOCCOCCOCCOCCOCCOCCOCCNC(=O)CN3C(=O)C=CC3=O)cc2N=C(N)C1. The zero-order valence-electron chi connectivity index (χ0n) is 39.3. The summed E-state index contributed by atoms with van der Waals surface area (Å²) in [5, 5.41) is 3.90. The minimum Gasteiger partial charge on any atom is -0.387 e. The van der Waals surface area contributed by atoms with E-state index in [0.717, 1.165) is 17.1 Å². The lowest BCUT2D eigenvalue weighted by atomic mass is 10.1. The number of rotatable bonds is 42. The van der Waals surface area contributed by atoms with Crippen molar-refractivity contribution in [2.24, 2.45) is 10.7 Å². The predicted octanol–water partition coefficient (Wildman–Crippen LogP) is 0.138. The number of hydrogen-bond donors (Lipinski definition) is 3. The molecule has 0 aromatic heterocycles. The highest BCUT2D eigenvalue weighted by molar-refractivity contribution is 7.89. The normalized spacial score (nSPS) is 13.7. The number of fused-ring (bicyclic) bond motifs is 1. The van der Waals surface area contributed by atoms with Crippen LogP contribution >= 0.6 is 0 Å². The number of amides is 4. The highest BCUT2D eigenvalue weighted by Crippen LogP contribution is 2.30. The first-order valence-electron chi connectivity index (χ1n) is 22.8. The molecule has 23 nitrogen and oxygen atoms in total. The van der Waals surface area contributed by atoms with Gasteiger partial charge < -0.3 is 58.4 Å². The summed E-state index contributed by atoms with van der Waals surface area (Å²) in [6.45, 7) is 12.1. The van der Waals surface area contributed by atoms with Gasteiger partial charge in [0.15, 0.2) is 0 Å². The topological polar surface area (TPSA) is 273 Å². The van der Waals surface area contributed by atoms with E-state index in [-0.39, 0.29) is 62.5 Å². The number of aliphatic imine (C=N–C) groups is 1. The zero-order valence-corrected chi connectivity index (χ0v) is 40.1. The Labute approximate surface area is 398 Å². The molecule has 0 unspecified atom stereocenters. The van der Waals surface area contributed by atoms with Gasteiger partial charge in [-0.25, -0.2) is 23.2 Å². The Balaban J connectivity index is 1.02. The van der Waals surface area contributed by atoms with Crippen molar-refractivity contribution < 1.29 is 79.8 Å². The Morgan fingerprint density at radius 1 is 0.676 bits per heavy atom. The van der Waals surface area contributed by atoms with Crippen LogP contribution in [0.5, 0.6) is 0 Å². The number of hydrogen-bond acceptors (Lipinski definition) is 19. The van der Waals surface area contributed by atoms with Crippen molar-refractivity contribution in [2.75, 3.05) is 165 Å². The molecule has 0 aliphatic carbocycles. The number of imide groups is 1. The van der Waals surface area contributed by atoms with Gasteiger partial charge in [0, 0.05) is 49.3 Å². The van der Waals surface area contributed by atoms with Gasteiger partial charge in [0.05, 0.1) is 149 Å². The first-order chi connectivity index (χ1) is 33.1. The third-order valence-corrected chi connectivity index (χ3v) is 10.6. The molecule has 0 saturated heterocycles. The lowest BCUT2D eigenvalue weighted by Crippen LogP contribution is -2.41. The standard InChI is InChI=1S/C44H70N6O17S/c1-3-11-50(67-4-2)44(54)37-32-36-5-6-38(34-39(36)48-40(45)33-37)68(55,56)47-10-13-58-15-17-60-19-21-62-23-25-64-27-29-66-31-30-65-28-26-63-24-22-61-20-18-59-16-14-57-12-9-46-41(51)35-49-42(52)7-8-43(49)53/h5-8,32,34,47H,3-4,9-31,33,35H2,1-2H3,(H2,45,48)(H,46,51). The molecule has 3 rings (SSSR count). The van der Waals surface area contributed by atoms with E-state index in [1.807, 2.05) is 6.92 Å². The Morgan fingerprint density at radius 3 is 1.56 bits per heavy atom. The van der Waals surface area contributed by atoms with E-state index in [1.54, 1.807) is 19.1 Å². The summed E-state index contributed by atoms with van der Waals surface area (Å²) in [7, 11) is -3.87. The zero-order chi connectivity index (χ0) is 49.1. The summed E-state index contributed by atoms with van der Waals surface area (Å²) in [4.78, 5) is 58.6. The lowest BCUT2D eigenvalue weighted by Gasteiger charge is -2.21. The molecular formula is C44H70N6O17S. The number of carbonyl (C=O) groups excluding carboxylic acids is 4. The summed E-state index contributed by atoms with van der Waals surface area (Å²) < 4.78 is 83.1. The second-order valence-electron chi connectivity index (χ2n) is 14.5. The number of sulfonamides is 1. The molecule has 1 aromatic carbocycles. The van der Waals surface area contributed by atoms with Crippen LogP contribution in [0.4, 0.5) is 5.69 Å². The first-order valence-corrected chi connectivity index (χ1v) is 24.2. The van der Waals surface area contributed by atoms with Crippen LogP contribution in [0.1, 0.15) is 32.3 Å². The van der Waals surface area contributed by atoms with Crippen molar-refractivity contribution in [1.29, 1.82) is 0 Å². The predicted molar refractivity (Wildman–Crippen MR) is 246 cm³/mol. The van der Waals surface area contributed by atoms with E-state index >= 15 is 0 Å². The van der Waals surface area contributed by atoms with E-state index in [0.29, 0.717) is 149 Å². The van der Waals surface area contributed by atoms with Crippen LogP contribution in [0.15, 0.2) is 45.8 Å². The van der Waals surface area contributed by atoms with Gasteiger partial charge in [0.1, 0.15) is 12.4 Å². The van der Waals surface area contributed by atoms with Gasteiger partial charge in [-0.3, -0.25) is 28.9 Å². The third kappa shape index (κ3) is 24.8. The van der Waals surface area contributed by atoms with E-state index in [1.165, 1.54) is 17.2 Å². The Bertz CT molecular complexity index is 1830. The van der Waals surface area contributed by atoms with Crippen molar-refractivity contribution in [1.82, 2.24) is 20.0 Å². The largest absolute Gasteiger partial charge is 0.387 e.